The number of rotatable bonds is 3. The van der Waals surface area contributed by atoms with E-state index in [1.807, 2.05) is 6.07 Å². The van der Waals surface area contributed by atoms with Crippen molar-refractivity contribution < 1.29 is 18.3 Å². The summed E-state index contributed by atoms with van der Waals surface area (Å²) in [6.45, 7) is 0. The van der Waals surface area contributed by atoms with E-state index in [1.165, 1.54) is 24.3 Å². The van der Waals surface area contributed by atoms with E-state index in [0.29, 0.717) is 28.4 Å². The normalized spacial score (nSPS) is 10.8. The van der Waals surface area contributed by atoms with Gasteiger partial charge in [0.15, 0.2) is 5.58 Å². The van der Waals surface area contributed by atoms with Gasteiger partial charge < -0.3 is 9.15 Å². The quantitative estimate of drug-likeness (QED) is 0.414. The van der Waals surface area contributed by atoms with E-state index in [9.17, 15) is 9.18 Å². The predicted octanol–water partition coefficient (Wildman–Crippen LogP) is 4.25. The van der Waals surface area contributed by atoms with Crippen LogP contribution in [-0.4, -0.2) is 15.9 Å². The first kappa shape index (κ1) is 15.0. The Balaban J connectivity index is 1.61. The molecule has 0 bridgehead atoms. The smallest absolute Gasteiger partial charge is 0.343 e. The number of carbonyl (C=O) groups is 1. The highest BCUT2D eigenvalue weighted by molar-refractivity contribution is 5.91. The molecule has 2 aromatic heterocycles. The molecule has 0 unspecified atom stereocenters. The molecule has 0 amide bonds. The maximum absolute atomic E-state index is 12.9. The Kier molecular flexibility index (Phi) is 3.70. The van der Waals surface area contributed by atoms with Crippen LogP contribution in [0, 0.1) is 5.82 Å². The fourth-order valence-corrected chi connectivity index (χ4v) is 2.32. The lowest BCUT2D eigenvalue weighted by Crippen LogP contribution is -2.08. The molecule has 0 N–H and O–H groups in total. The Hall–Kier alpha value is -3.54. The van der Waals surface area contributed by atoms with Gasteiger partial charge in [0.05, 0.1) is 5.56 Å². The Morgan fingerprint density at radius 3 is 2.64 bits per heavy atom. The van der Waals surface area contributed by atoms with E-state index in [1.54, 1.807) is 36.5 Å². The summed E-state index contributed by atoms with van der Waals surface area (Å²) in [4.78, 5) is 20.6. The van der Waals surface area contributed by atoms with Crippen LogP contribution in [-0.2, 0) is 0 Å². The van der Waals surface area contributed by atoms with Crippen molar-refractivity contribution in [1.29, 1.82) is 0 Å². The van der Waals surface area contributed by atoms with Crippen molar-refractivity contribution >= 4 is 17.1 Å². The van der Waals surface area contributed by atoms with E-state index in [0.717, 1.165) is 0 Å². The zero-order chi connectivity index (χ0) is 17.2. The number of halogens is 1. The van der Waals surface area contributed by atoms with Crippen LogP contribution in [0.2, 0.25) is 0 Å². The molecule has 122 valence electrons. The zero-order valence-corrected chi connectivity index (χ0v) is 12.8. The summed E-state index contributed by atoms with van der Waals surface area (Å²) in [5.74, 6) is -0.298. The molecule has 0 saturated heterocycles. The van der Waals surface area contributed by atoms with Gasteiger partial charge >= 0.3 is 5.97 Å². The van der Waals surface area contributed by atoms with Crippen LogP contribution >= 0.6 is 0 Å². The molecule has 2 heterocycles. The first-order chi connectivity index (χ1) is 12.2. The minimum atomic E-state index is -0.580. The van der Waals surface area contributed by atoms with Crippen molar-refractivity contribution in [3.63, 3.8) is 0 Å². The minimum Gasteiger partial charge on any atom is -0.435 e. The lowest BCUT2D eigenvalue weighted by molar-refractivity contribution is 0.0735. The highest BCUT2D eigenvalue weighted by Crippen LogP contribution is 2.26. The summed E-state index contributed by atoms with van der Waals surface area (Å²) in [7, 11) is 0. The maximum atomic E-state index is 12.9. The van der Waals surface area contributed by atoms with Crippen LogP contribution in [0.25, 0.3) is 22.7 Å². The Labute approximate surface area is 141 Å². The molecule has 5 nitrogen and oxygen atoms in total. The molecule has 0 aliphatic carbocycles. The number of aromatic nitrogens is 2. The second-order valence-electron chi connectivity index (χ2n) is 5.26. The summed E-state index contributed by atoms with van der Waals surface area (Å²) >= 11 is 0. The molecule has 0 atom stereocenters. The summed E-state index contributed by atoms with van der Waals surface area (Å²) in [5.41, 5.74) is 1.98. The minimum absolute atomic E-state index is 0.258. The number of esters is 1. The number of benzene rings is 2. The summed E-state index contributed by atoms with van der Waals surface area (Å²) in [5, 5.41) is 0. The molecule has 0 spiro atoms. The Bertz CT molecular complexity index is 1040. The van der Waals surface area contributed by atoms with Gasteiger partial charge in [-0.05, 0) is 48.5 Å². The van der Waals surface area contributed by atoms with Gasteiger partial charge in [-0.25, -0.2) is 14.2 Å². The van der Waals surface area contributed by atoms with E-state index in [4.69, 9.17) is 9.15 Å². The summed E-state index contributed by atoms with van der Waals surface area (Å²) in [6.07, 6.45) is 1.65. The van der Waals surface area contributed by atoms with Gasteiger partial charge in [-0.1, -0.05) is 6.07 Å². The monoisotopic (exact) mass is 334 g/mol. The largest absolute Gasteiger partial charge is 0.435 e. The molecule has 0 radical (unpaired) electrons. The van der Waals surface area contributed by atoms with Crippen LogP contribution in [0.15, 0.2) is 71.3 Å². The van der Waals surface area contributed by atoms with Gasteiger partial charge in [0.1, 0.15) is 22.8 Å². The van der Waals surface area contributed by atoms with E-state index >= 15 is 0 Å². The van der Waals surface area contributed by atoms with Gasteiger partial charge in [0, 0.05) is 12.3 Å². The average molecular weight is 334 g/mol. The van der Waals surface area contributed by atoms with Crippen molar-refractivity contribution in [2.75, 3.05) is 0 Å². The van der Waals surface area contributed by atoms with Gasteiger partial charge in [-0.3, -0.25) is 4.98 Å². The van der Waals surface area contributed by atoms with E-state index in [2.05, 4.69) is 9.97 Å². The molecule has 4 aromatic rings. The fourth-order valence-electron chi connectivity index (χ4n) is 2.32. The second kappa shape index (κ2) is 6.16. The number of hydrogen-bond donors (Lipinski definition) is 0. The highest BCUT2D eigenvalue weighted by atomic mass is 19.1. The third kappa shape index (κ3) is 3.10. The number of pyridine rings is 1. The second-order valence-corrected chi connectivity index (χ2v) is 5.26. The molecule has 0 fully saturated rings. The lowest BCUT2D eigenvalue weighted by atomic mass is 10.2. The zero-order valence-electron chi connectivity index (χ0n) is 12.8. The van der Waals surface area contributed by atoms with Gasteiger partial charge in [-0.2, -0.15) is 0 Å². The van der Waals surface area contributed by atoms with E-state index < -0.39 is 11.8 Å². The highest BCUT2D eigenvalue weighted by Gasteiger charge is 2.13. The van der Waals surface area contributed by atoms with Gasteiger partial charge in [0.2, 0.25) is 5.89 Å². The topological polar surface area (TPSA) is 65.2 Å². The van der Waals surface area contributed by atoms with Crippen LogP contribution < -0.4 is 4.74 Å². The number of hydrogen-bond acceptors (Lipinski definition) is 5. The van der Waals surface area contributed by atoms with Gasteiger partial charge in [0.25, 0.3) is 0 Å². The molecule has 4 rings (SSSR count). The Morgan fingerprint density at radius 2 is 1.88 bits per heavy atom. The molecular weight excluding hydrogens is 323 g/mol. The van der Waals surface area contributed by atoms with Crippen molar-refractivity contribution in [2.24, 2.45) is 0 Å². The number of fused-ring (bicyclic) bond motifs is 1. The molecule has 6 heteroatoms. The predicted molar refractivity (Wildman–Crippen MR) is 88.6 cm³/mol. The number of ether oxygens (including phenoxy) is 1. The lowest BCUT2D eigenvalue weighted by Gasteiger charge is -2.03. The average Bonchev–Trinajstić information content (AvgIpc) is 3.06. The third-order valence-corrected chi connectivity index (χ3v) is 3.53. The Morgan fingerprint density at radius 1 is 1.04 bits per heavy atom. The number of carbonyl (C=O) groups excluding carboxylic acids is 1. The van der Waals surface area contributed by atoms with Crippen LogP contribution in [0.3, 0.4) is 0 Å². The third-order valence-electron chi connectivity index (χ3n) is 3.53. The van der Waals surface area contributed by atoms with Crippen molar-refractivity contribution in [3.05, 3.63) is 78.2 Å². The van der Waals surface area contributed by atoms with E-state index in [-0.39, 0.29) is 5.56 Å². The first-order valence-corrected chi connectivity index (χ1v) is 7.49. The fraction of sp³-hybridized carbons (Fsp3) is 0. The standard InChI is InChI=1S/C19H11FN2O3/c20-13-6-4-12(5-7-13)19(23)24-14-8-9-15-17(11-14)25-18(22-15)16-3-1-2-10-21-16/h1-11H. The first-order valence-electron chi connectivity index (χ1n) is 7.49. The van der Waals surface area contributed by atoms with Crippen LogP contribution in [0.4, 0.5) is 4.39 Å². The molecule has 0 saturated carbocycles. The van der Waals surface area contributed by atoms with Crippen LogP contribution in [0.1, 0.15) is 10.4 Å². The van der Waals surface area contributed by atoms with Gasteiger partial charge in [-0.15, -0.1) is 0 Å². The molecule has 0 aliphatic heterocycles. The SMILES string of the molecule is O=C(Oc1ccc2nc(-c3ccccn3)oc2c1)c1ccc(F)cc1. The maximum Gasteiger partial charge on any atom is 0.343 e. The molecule has 0 aliphatic rings. The number of nitrogens with zero attached hydrogens (tertiary/aromatic N) is 2. The summed E-state index contributed by atoms with van der Waals surface area (Å²) in [6, 6.07) is 15.5. The molecular formula is C19H11FN2O3. The van der Waals surface area contributed by atoms with Crippen molar-refractivity contribution in [3.8, 4) is 17.3 Å². The molecule has 25 heavy (non-hydrogen) atoms. The number of oxazole rings is 1. The van der Waals surface area contributed by atoms with Crippen LogP contribution in [0.5, 0.6) is 5.75 Å². The molecule has 2 aromatic carbocycles. The van der Waals surface area contributed by atoms with Crippen molar-refractivity contribution in [1.82, 2.24) is 9.97 Å². The summed E-state index contributed by atoms with van der Waals surface area (Å²) < 4.78 is 23.9. The van der Waals surface area contributed by atoms with Crippen molar-refractivity contribution in [2.45, 2.75) is 0 Å².